The van der Waals surface area contributed by atoms with E-state index in [1.807, 2.05) is 19.9 Å². The van der Waals surface area contributed by atoms with Crippen molar-refractivity contribution in [3.8, 4) is 6.07 Å². The third-order valence-electron chi connectivity index (χ3n) is 8.06. The van der Waals surface area contributed by atoms with E-state index in [4.69, 9.17) is 11.6 Å². The van der Waals surface area contributed by atoms with Crippen LogP contribution in [0.25, 0.3) is 0 Å². The number of hydrogen-bond acceptors (Lipinski definition) is 5. The summed E-state index contributed by atoms with van der Waals surface area (Å²) in [7, 11) is 0. The summed E-state index contributed by atoms with van der Waals surface area (Å²) in [5.41, 5.74) is 0.377. The van der Waals surface area contributed by atoms with Gasteiger partial charge in [-0.3, -0.25) is 19.2 Å². The predicted molar refractivity (Wildman–Crippen MR) is 132 cm³/mol. The number of likely N-dealkylation sites (tertiary alicyclic amines) is 1. The highest BCUT2D eigenvalue weighted by molar-refractivity contribution is 6.32. The minimum Gasteiger partial charge on any atom is -0.356 e. The minimum absolute atomic E-state index is 0.00843. The zero-order valence-corrected chi connectivity index (χ0v) is 21.8. The fraction of sp³-hybridized carbons (Fsp3) is 0.577. The molecule has 2 aliphatic heterocycles. The third-order valence-corrected chi connectivity index (χ3v) is 8.23. The molecule has 2 saturated heterocycles. The first-order valence-electron chi connectivity index (χ1n) is 12.5. The van der Waals surface area contributed by atoms with Crippen molar-refractivity contribution in [1.82, 2.24) is 20.9 Å². The highest BCUT2D eigenvalue weighted by Gasteiger charge is 2.69. The molecular weight excluding hydrogens is 520 g/mol. The smallest absolute Gasteiger partial charge is 0.356 e. The highest BCUT2D eigenvalue weighted by atomic mass is 35.5. The van der Waals surface area contributed by atoms with Crippen LogP contribution in [-0.2, 0) is 25.6 Å². The van der Waals surface area contributed by atoms with Crippen LogP contribution in [0, 0.1) is 34.5 Å². The third kappa shape index (κ3) is 5.60. The Morgan fingerprint density at radius 3 is 2.53 bits per heavy atom. The van der Waals surface area contributed by atoms with Gasteiger partial charge in [-0.1, -0.05) is 44.2 Å². The number of amides is 4. The van der Waals surface area contributed by atoms with E-state index in [9.17, 15) is 33.2 Å². The number of rotatable bonds is 9. The standard InChI is InChI=1S/C26H30ClF2N5O4/c1-25(2)17-13-34(20(19(17)25)22(36)32-16(12-30)11-15-8-9-31-21(15)35)23(37)18(33-24(38)26(27,28)29)10-14-6-4-3-5-7-14/h3-7,15-20H,8-11,13H2,1-2H3,(H,31,35)(H,32,36)(H,33,38)/t15-,16-,17-,18-,19-,20-/m0/s1. The van der Waals surface area contributed by atoms with E-state index in [2.05, 4.69) is 16.0 Å². The SMILES string of the molecule is CC1(C)[C@@H]2[C@@H](C(=O)N[C@H](C#N)C[C@@H]3CCNC3=O)N(C(=O)[C@H](Cc3ccccc3)NC(=O)C(F)(F)Cl)C[C@@H]21. The van der Waals surface area contributed by atoms with Gasteiger partial charge in [-0.25, -0.2) is 0 Å². The molecule has 3 aliphatic rings. The van der Waals surface area contributed by atoms with Gasteiger partial charge in [-0.2, -0.15) is 14.0 Å². The molecule has 1 aromatic carbocycles. The second-order valence-corrected chi connectivity index (χ2v) is 11.3. The summed E-state index contributed by atoms with van der Waals surface area (Å²) in [4.78, 5) is 52.5. The van der Waals surface area contributed by atoms with E-state index in [-0.39, 0.29) is 42.5 Å². The summed E-state index contributed by atoms with van der Waals surface area (Å²) in [6, 6.07) is 7.30. The number of fused-ring (bicyclic) bond motifs is 1. The molecule has 6 atom stereocenters. The summed E-state index contributed by atoms with van der Waals surface area (Å²) in [6.07, 6.45) is 0.619. The molecule has 1 saturated carbocycles. The molecule has 4 amide bonds. The molecule has 3 fully saturated rings. The molecule has 12 heteroatoms. The van der Waals surface area contributed by atoms with Gasteiger partial charge in [0.15, 0.2) is 0 Å². The summed E-state index contributed by atoms with van der Waals surface area (Å²) in [6.45, 7) is 4.67. The number of benzene rings is 1. The number of alkyl halides is 3. The van der Waals surface area contributed by atoms with Crippen molar-refractivity contribution in [3.05, 3.63) is 35.9 Å². The number of nitrogens with zero attached hydrogens (tertiary/aromatic N) is 2. The van der Waals surface area contributed by atoms with Gasteiger partial charge < -0.3 is 20.9 Å². The molecule has 0 unspecified atom stereocenters. The van der Waals surface area contributed by atoms with Crippen molar-refractivity contribution < 1.29 is 28.0 Å². The first-order chi connectivity index (χ1) is 17.8. The number of halogens is 3. The lowest BCUT2D eigenvalue weighted by molar-refractivity contribution is -0.145. The van der Waals surface area contributed by atoms with Gasteiger partial charge in [-0.15, -0.1) is 0 Å². The number of carbonyl (C=O) groups excluding carboxylic acids is 4. The Morgan fingerprint density at radius 1 is 1.26 bits per heavy atom. The van der Waals surface area contributed by atoms with Gasteiger partial charge in [0.2, 0.25) is 17.7 Å². The topological polar surface area (TPSA) is 131 Å². The minimum atomic E-state index is -4.21. The summed E-state index contributed by atoms with van der Waals surface area (Å²) >= 11 is 4.90. The highest BCUT2D eigenvalue weighted by Crippen LogP contribution is 2.64. The molecule has 38 heavy (non-hydrogen) atoms. The quantitative estimate of drug-likeness (QED) is 0.402. The maximum Gasteiger partial charge on any atom is 0.399 e. The number of carbonyl (C=O) groups is 4. The van der Waals surface area contributed by atoms with E-state index in [1.165, 1.54) is 4.90 Å². The number of nitriles is 1. The van der Waals surface area contributed by atoms with E-state index >= 15 is 0 Å². The normalized spacial score (nSPS) is 26.9. The molecule has 1 aromatic rings. The Balaban J connectivity index is 1.54. The van der Waals surface area contributed by atoms with E-state index in [1.54, 1.807) is 30.3 Å². The summed E-state index contributed by atoms with van der Waals surface area (Å²) in [5, 5.41) is 12.9. The fourth-order valence-electron chi connectivity index (χ4n) is 5.86. The van der Waals surface area contributed by atoms with Crippen LogP contribution in [0.15, 0.2) is 30.3 Å². The molecular formula is C26H30ClF2N5O4. The van der Waals surface area contributed by atoms with Crippen molar-refractivity contribution in [2.75, 3.05) is 13.1 Å². The summed E-state index contributed by atoms with van der Waals surface area (Å²) < 4.78 is 27.0. The zero-order chi connectivity index (χ0) is 27.8. The van der Waals surface area contributed by atoms with E-state index in [0.29, 0.717) is 18.5 Å². The van der Waals surface area contributed by atoms with Crippen molar-refractivity contribution in [2.24, 2.45) is 23.2 Å². The van der Waals surface area contributed by atoms with E-state index in [0.717, 1.165) is 0 Å². The molecule has 0 spiro atoms. The second kappa shape index (κ2) is 10.5. The number of piperidine rings is 1. The number of nitrogens with one attached hydrogen (secondary N) is 3. The van der Waals surface area contributed by atoms with Crippen LogP contribution in [0.3, 0.4) is 0 Å². The monoisotopic (exact) mass is 549 g/mol. The number of hydrogen-bond donors (Lipinski definition) is 3. The maximum atomic E-state index is 13.7. The van der Waals surface area contributed by atoms with Crippen LogP contribution < -0.4 is 16.0 Å². The fourth-order valence-corrected chi connectivity index (χ4v) is 5.91. The predicted octanol–water partition coefficient (Wildman–Crippen LogP) is 1.56. The van der Waals surface area contributed by atoms with Crippen LogP contribution in [0.5, 0.6) is 0 Å². The Kier molecular flexibility index (Phi) is 7.66. The molecule has 0 aromatic heterocycles. The maximum absolute atomic E-state index is 13.7. The Hall–Kier alpha value is -3.26. The van der Waals surface area contributed by atoms with Crippen molar-refractivity contribution >= 4 is 35.2 Å². The average molecular weight is 550 g/mol. The van der Waals surface area contributed by atoms with Crippen LogP contribution in [0.2, 0.25) is 0 Å². The zero-order valence-electron chi connectivity index (χ0n) is 21.0. The molecule has 0 radical (unpaired) electrons. The Bertz CT molecular complexity index is 1150. The lowest BCUT2D eigenvalue weighted by Crippen LogP contribution is -2.58. The van der Waals surface area contributed by atoms with Gasteiger partial charge in [-0.05, 0) is 47.3 Å². The molecule has 4 rings (SSSR count). The summed E-state index contributed by atoms with van der Waals surface area (Å²) in [5.74, 6) is -3.82. The van der Waals surface area contributed by atoms with Gasteiger partial charge in [0.05, 0.1) is 6.07 Å². The van der Waals surface area contributed by atoms with Gasteiger partial charge in [0.25, 0.3) is 0 Å². The van der Waals surface area contributed by atoms with E-state index < -0.39 is 47.1 Å². The first kappa shape index (κ1) is 27.8. The molecule has 2 heterocycles. The van der Waals surface area contributed by atoms with Crippen LogP contribution in [0.4, 0.5) is 8.78 Å². The lowest BCUT2D eigenvalue weighted by atomic mass is 9.96. The Morgan fingerprint density at radius 2 is 1.95 bits per heavy atom. The molecule has 0 bridgehead atoms. The largest absolute Gasteiger partial charge is 0.399 e. The molecule has 3 N–H and O–H groups in total. The van der Waals surface area contributed by atoms with Crippen molar-refractivity contribution in [2.45, 2.75) is 56.6 Å². The first-order valence-corrected chi connectivity index (χ1v) is 12.9. The average Bonchev–Trinajstić information content (AvgIpc) is 3.21. The molecule has 1 aliphatic carbocycles. The Labute approximate surface area is 224 Å². The van der Waals surface area contributed by atoms with Gasteiger partial charge in [0.1, 0.15) is 18.1 Å². The van der Waals surface area contributed by atoms with Crippen LogP contribution >= 0.6 is 11.6 Å². The molecule has 9 nitrogen and oxygen atoms in total. The van der Waals surface area contributed by atoms with Gasteiger partial charge >= 0.3 is 11.3 Å². The van der Waals surface area contributed by atoms with Crippen molar-refractivity contribution in [3.63, 3.8) is 0 Å². The van der Waals surface area contributed by atoms with Crippen LogP contribution in [-0.4, -0.2) is 65.1 Å². The second-order valence-electron chi connectivity index (χ2n) is 10.8. The van der Waals surface area contributed by atoms with Gasteiger partial charge in [0, 0.05) is 25.4 Å². The van der Waals surface area contributed by atoms with Crippen LogP contribution in [0.1, 0.15) is 32.3 Å². The lowest BCUT2D eigenvalue weighted by Gasteiger charge is -2.33. The van der Waals surface area contributed by atoms with Crippen molar-refractivity contribution in [1.29, 1.82) is 5.26 Å². The molecule has 204 valence electrons.